The molecule has 0 atom stereocenters. The van der Waals surface area contributed by atoms with Gasteiger partial charge in [0.25, 0.3) is 12.1 Å². The Morgan fingerprint density at radius 2 is 2.14 bits per heavy atom. The maximum atomic E-state index is 12.7. The lowest BCUT2D eigenvalue weighted by molar-refractivity contribution is -0.386. The second kappa shape index (κ2) is 4.07. The Balaban J connectivity index is 3.39. The third kappa shape index (κ3) is 2.11. The van der Waals surface area contributed by atoms with Crippen molar-refractivity contribution in [2.45, 2.75) is 6.43 Å². The van der Waals surface area contributed by atoms with Crippen LogP contribution in [0.4, 0.5) is 18.9 Å². The van der Waals surface area contributed by atoms with Crippen LogP contribution in [0.3, 0.4) is 0 Å². The predicted molar refractivity (Wildman–Crippen MR) is 48.5 cm³/mol. The van der Waals surface area contributed by atoms with Gasteiger partial charge in [0.15, 0.2) is 5.69 Å². The molecule has 1 heterocycles. The summed E-state index contributed by atoms with van der Waals surface area (Å²) in [5.74, 6) is -1.13. The van der Waals surface area contributed by atoms with E-state index in [1.54, 1.807) is 0 Å². The summed E-state index contributed by atoms with van der Waals surface area (Å²) in [5.41, 5.74) is -2.02. The summed E-state index contributed by atoms with van der Waals surface area (Å²) < 4.78 is 36.9. The molecule has 0 aromatic carbocycles. The maximum Gasteiger partial charge on any atom is 0.297 e. The van der Waals surface area contributed by atoms with E-state index in [1.165, 1.54) is 22.6 Å². The second-order valence-electron chi connectivity index (χ2n) is 2.22. The van der Waals surface area contributed by atoms with Crippen LogP contribution in [0.25, 0.3) is 0 Å². The number of aromatic nitrogens is 1. The van der Waals surface area contributed by atoms with Gasteiger partial charge in [0.2, 0.25) is 5.95 Å². The van der Waals surface area contributed by atoms with E-state index in [0.29, 0.717) is 0 Å². The number of hydrogen-bond acceptors (Lipinski definition) is 3. The Hall–Kier alpha value is -0.930. The summed E-state index contributed by atoms with van der Waals surface area (Å²) in [6, 6.07) is 0.727. The Bertz CT molecular complexity index is 386. The van der Waals surface area contributed by atoms with E-state index in [4.69, 9.17) is 0 Å². The molecule has 0 aliphatic rings. The van der Waals surface area contributed by atoms with Crippen molar-refractivity contribution in [3.63, 3.8) is 0 Å². The van der Waals surface area contributed by atoms with Crippen molar-refractivity contribution in [1.82, 2.24) is 4.98 Å². The smallest absolute Gasteiger partial charge is 0.258 e. The van der Waals surface area contributed by atoms with Gasteiger partial charge in [0.1, 0.15) is 0 Å². The predicted octanol–water partition coefficient (Wildman–Crippen LogP) is 2.67. The van der Waals surface area contributed by atoms with E-state index < -0.39 is 28.7 Å². The van der Waals surface area contributed by atoms with Gasteiger partial charge in [-0.2, -0.15) is 4.39 Å². The fourth-order valence-corrected chi connectivity index (χ4v) is 1.19. The van der Waals surface area contributed by atoms with E-state index in [-0.39, 0.29) is 3.57 Å². The van der Waals surface area contributed by atoms with Crippen LogP contribution in [0.15, 0.2) is 6.07 Å². The first-order chi connectivity index (χ1) is 6.43. The summed E-state index contributed by atoms with van der Waals surface area (Å²) in [5, 5.41) is 10.3. The molecule has 76 valence electrons. The molecule has 1 rings (SSSR count). The third-order valence-corrected chi connectivity index (χ3v) is 2.10. The molecule has 0 spiro atoms. The van der Waals surface area contributed by atoms with Crippen LogP contribution in [-0.2, 0) is 0 Å². The fourth-order valence-electron chi connectivity index (χ4n) is 0.777. The van der Waals surface area contributed by atoms with Crippen LogP contribution in [-0.4, -0.2) is 9.91 Å². The van der Waals surface area contributed by atoms with Crippen LogP contribution < -0.4 is 0 Å². The molecular weight excluding hydrogens is 316 g/mol. The van der Waals surface area contributed by atoms with Crippen LogP contribution in [0.5, 0.6) is 0 Å². The Morgan fingerprint density at radius 3 is 2.57 bits per heavy atom. The number of rotatable bonds is 2. The molecule has 0 aliphatic heterocycles. The molecular formula is C6H2F3IN2O2. The molecule has 0 bridgehead atoms. The SMILES string of the molecule is O=[N+]([O-])c1cc(I)c(F)nc1C(F)F. The lowest BCUT2D eigenvalue weighted by Gasteiger charge is -2.01. The van der Waals surface area contributed by atoms with Crippen molar-refractivity contribution in [3.05, 3.63) is 31.4 Å². The molecule has 0 N–H and O–H groups in total. The minimum absolute atomic E-state index is 0.168. The molecule has 0 saturated heterocycles. The highest BCUT2D eigenvalue weighted by atomic mass is 127. The van der Waals surface area contributed by atoms with E-state index >= 15 is 0 Å². The summed E-state index contributed by atoms with van der Waals surface area (Å²) in [6.07, 6.45) is -3.16. The van der Waals surface area contributed by atoms with Crippen molar-refractivity contribution in [2.75, 3.05) is 0 Å². The normalized spacial score (nSPS) is 10.6. The van der Waals surface area contributed by atoms with Crippen molar-refractivity contribution >= 4 is 28.3 Å². The zero-order valence-electron chi connectivity index (χ0n) is 6.38. The summed E-state index contributed by atoms with van der Waals surface area (Å²) in [4.78, 5) is 12.1. The molecule has 0 amide bonds. The number of alkyl halides is 2. The summed E-state index contributed by atoms with van der Waals surface area (Å²) in [7, 11) is 0. The van der Waals surface area contributed by atoms with Crippen molar-refractivity contribution < 1.29 is 18.1 Å². The second-order valence-corrected chi connectivity index (χ2v) is 3.39. The first kappa shape index (κ1) is 11.1. The maximum absolute atomic E-state index is 12.7. The Labute approximate surface area is 89.4 Å². The molecule has 1 aromatic rings. The van der Waals surface area contributed by atoms with Crippen molar-refractivity contribution in [3.8, 4) is 0 Å². The molecule has 0 aliphatic carbocycles. The minimum Gasteiger partial charge on any atom is -0.258 e. The van der Waals surface area contributed by atoms with E-state index in [9.17, 15) is 23.3 Å². The van der Waals surface area contributed by atoms with Gasteiger partial charge >= 0.3 is 0 Å². The molecule has 4 nitrogen and oxygen atoms in total. The van der Waals surface area contributed by atoms with Crippen LogP contribution in [0.1, 0.15) is 12.1 Å². The summed E-state index contributed by atoms with van der Waals surface area (Å²) in [6.45, 7) is 0. The molecule has 0 fully saturated rings. The van der Waals surface area contributed by atoms with Gasteiger partial charge in [-0.1, -0.05) is 0 Å². The highest BCUT2D eigenvalue weighted by Gasteiger charge is 2.25. The average molecular weight is 318 g/mol. The lowest BCUT2D eigenvalue weighted by atomic mass is 10.3. The number of nitro groups is 1. The first-order valence-corrected chi connectivity index (χ1v) is 4.30. The number of hydrogen-bond donors (Lipinski definition) is 0. The Kier molecular flexibility index (Phi) is 3.24. The van der Waals surface area contributed by atoms with Crippen LogP contribution >= 0.6 is 22.6 Å². The van der Waals surface area contributed by atoms with Gasteiger partial charge in [0, 0.05) is 6.07 Å². The third-order valence-electron chi connectivity index (χ3n) is 1.34. The van der Waals surface area contributed by atoms with E-state index in [1.807, 2.05) is 0 Å². The van der Waals surface area contributed by atoms with Gasteiger partial charge < -0.3 is 0 Å². The Morgan fingerprint density at radius 1 is 1.57 bits per heavy atom. The fraction of sp³-hybridized carbons (Fsp3) is 0.167. The molecule has 0 unspecified atom stereocenters. The average Bonchev–Trinajstić information content (AvgIpc) is 2.08. The van der Waals surface area contributed by atoms with Crippen molar-refractivity contribution in [1.29, 1.82) is 0 Å². The quantitative estimate of drug-likeness (QED) is 0.365. The standard InChI is InChI=1S/C6H2F3IN2O2/c7-5(8)4-3(12(13)14)1-2(10)6(9)11-4/h1,5H. The highest BCUT2D eigenvalue weighted by molar-refractivity contribution is 14.1. The summed E-state index contributed by atoms with van der Waals surface area (Å²) >= 11 is 1.44. The first-order valence-electron chi connectivity index (χ1n) is 3.22. The zero-order valence-corrected chi connectivity index (χ0v) is 8.53. The van der Waals surface area contributed by atoms with Gasteiger partial charge in [-0.15, -0.1) is 0 Å². The number of pyridine rings is 1. The molecule has 1 aromatic heterocycles. The van der Waals surface area contributed by atoms with E-state index in [0.717, 1.165) is 6.07 Å². The minimum atomic E-state index is -3.16. The van der Waals surface area contributed by atoms with Crippen LogP contribution in [0.2, 0.25) is 0 Å². The lowest BCUT2D eigenvalue weighted by Crippen LogP contribution is -2.02. The van der Waals surface area contributed by atoms with Crippen molar-refractivity contribution in [2.24, 2.45) is 0 Å². The zero-order chi connectivity index (χ0) is 10.9. The van der Waals surface area contributed by atoms with Gasteiger partial charge in [-0.25, -0.2) is 13.8 Å². The molecule has 14 heavy (non-hydrogen) atoms. The van der Waals surface area contributed by atoms with Gasteiger partial charge in [0.05, 0.1) is 8.49 Å². The largest absolute Gasteiger partial charge is 0.297 e. The van der Waals surface area contributed by atoms with Crippen LogP contribution in [0, 0.1) is 19.6 Å². The monoisotopic (exact) mass is 318 g/mol. The van der Waals surface area contributed by atoms with E-state index in [2.05, 4.69) is 4.98 Å². The number of halogens is 4. The molecule has 8 heteroatoms. The topological polar surface area (TPSA) is 56.0 Å². The highest BCUT2D eigenvalue weighted by Crippen LogP contribution is 2.28. The number of nitrogens with zero attached hydrogens (tertiary/aromatic N) is 2. The van der Waals surface area contributed by atoms with Gasteiger partial charge in [-0.05, 0) is 22.6 Å². The molecule has 0 radical (unpaired) electrons. The molecule has 0 saturated carbocycles. The van der Waals surface area contributed by atoms with Gasteiger partial charge in [-0.3, -0.25) is 10.1 Å².